The Bertz CT molecular complexity index is 337. The first kappa shape index (κ1) is 9.00. The highest BCUT2D eigenvalue weighted by atomic mass is 16.5. The van der Waals surface area contributed by atoms with Crippen molar-refractivity contribution < 1.29 is 9.53 Å². The lowest BCUT2D eigenvalue weighted by Crippen LogP contribution is -2.00. The summed E-state index contributed by atoms with van der Waals surface area (Å²) in [4.78, 5) is 11.1. The Hall–Kier alpha value is -1.57. The van der Waals surface area contributed by atoms with E-state index < -0.39 is 0 Å². The molecule has 0 unspecified atom stereocenters. The van der Waals surface area contributed by atoms with Crippen molar-refractivity contribution in [2.24, 2.45) is 5.92 Å². The maximum Gasteiger partial charge on any atom is 0.313 e. The van der Waals surface area contributed by atoms with E-state index in [1.54, 1.807) is 6.08 Å². The summed E-state index contributed by atoms with van der Waals surface area (Å²) in [5.74, 6) is 0.0626. The first-order valence-corrected chi connectivity index (χ1v) is 4.78. The van der Waals surface area contributed by atoms with E-state index in [2.05, 4.69) is 0 Å². The van der Waals surface area contributed by atoms with Crippen LogP contribution in [0.3, 0.4) is 0 Å². The van der Waals surface area contributed by atoms with Gasteiger partial charge in [-0.15, -0.1) is 0 Å². The van der Waals surface area contributed by atoms with Crippen LogP contribution in [0.5, 0.6) is 0 Å². The van der Waals surface area contributed by atoms with Crippen LogP contribution in [0.1, 0.15) is 18.4 Å². The first-order chi connectivity index (χ1) is 6.86. The Labute approximate surface area is 83.2 Å². The molecule has 1 saturated carbocycles. The summed E-state index contributed by atoms with van der Waals surface area (Å²) in [7, 11) is 0. The van der Waals surface area contributed by atoms with Crippen molar-refractivity contribution in [3.05, 3.63) is 42.2 Å². The van der Waals surface area contributed by atoms with Crippen LogP contribution in [0.4, 0.5) is 0 Å². The minimum Gasteiger partial charge on any atom is -0.434 e. The van der Waals surface area contributed by atoms with Crippen molar-refractivity contribution >= 4 is 12.0 Å². The van der Waals surface area contributed by atoms with Gasteiger partial charge >= 0.3 is 5.97 Å². The van der Waals surface area contributed by atoms with Crippen molar-refractivity contribution in [2.75, 3.05) is 0 Å². The quantitative estimate of drug-likeness (QED) is 0.538. The van der Waals surface area contributed by atoms with Gasteiger partial charge in [0.25, 0.3) is 0 Å². The number of esters is 1. The van der Waals surface area contributed by atoms with Gasteiger partial charge in [-0.3, -0.25) is 4.79 Å². The predicted octanol–water partition coefficient (Wildman–Crippen LogP) is 2.61. The molecule has 0 bridgehead atoms. The molecule has 0 aliphatic heterocycles. The molecule has 1 aliphatic carbocycles. The molecule has 72 valence electrons. The summed E-state index contributed by atoms with van der Waals surface area (Å²) >= 11 is 0. The molecule has 0 heterocycles. The highest BCUT2D eigenvalue weighted by Gasteiger charge is 2.30. The third kappa shape index (κ3) is 2.46. The molecule has 0 amide bonds. The molecule has 2 rings (SSSR count). The van der Waals surface area contributed by atoms with Crippen LogP contribution in [0.2, 0.25) is 0 Å². The third-order valence-electron chi connectivity index (χ3n) is 2.15. The van der Waals surface area contributed by atoms with E-state index in [1.807, 2.05) is 30.3 Å². The minimum atomic E-state index is -0.0998. The molecule has 1 aromatic rings. The molecule has 2 heteroatoms. The average molecular weight is 188 g/mol. The molecule has 0 atom stereocenters. The van der Waals surface area contributed by atoms with Crippen molar-refractivity contribution in [3.8, 4) is 0 Å². The van der Waals surface area contributed by atoms with Gasteiger partial charge in [-0.1, -0.05) is 30.3 Å². The van der Waals surface area contributed by atoms with Crippen LogP contribution < -0.4 is 0 Å². The fourth-order valence-electron chi connectivity index (χ4n) is 1.16. The molecule has 1 aliphatic rings. The SMILES string of the molecule is O=C(OC=Cc1ccccc1)C1CC1. The summed E-state index contributed by atoms with van der Waals surface area (Å²) in [6.07, 6.45) is 5.23. The molecular weight excluding hydrogens is 176 g/mol. The fourth-order valence-corrected chi connectivity index (χ4v) is 1.16. The molecule has 0 aromatic heterocycles. The van der Waals surface area contributed by atoms with Gasteiger partial charge in [0, 0.05) is 0 Å². The molecule has 0 spiro atoms. The molecular formula is C12H12O2. The summed E-state index contributed by atoms with van der Waals surface area (Å²) in [5.41, 5.74) is 1.04. The Balaban J connectivity index is 1.85. The monoisotopic (exact) mass is 188 g/mol. The number of benzene rings is 1. The van der Waals surface area contributed by atoms with Gasteiger partial charge in [0.05, 0.1) is 12.2 Å². The van der Waals surface area contributed by atoms with Gasteiger partial charge in [0.1, 0.15) is 0 Å². The second-order valence-electron chi connectivity index (χ2n) is 3.42. The van der Waals surface area contributed by atoms with Gasteiger partial charge in [0.15, 0.2) is 0 Å². The van der Waals surface area contributed by atoms with Crippen LogP contribution in [0.15, 0.2) is 36.6 Å². The van der Waals surface area contributed by atoms with Gasteiger partial charge in [-0.2, -0.15) is 0 Å². The highest BCUT2D eigenvalue weighted by Crippen LogP contribution is 2.30. The zero-order valence-electron chi connectivity index (χ0n) is 7.85. The zero-order valence-corrected chi connectivity index (χ0v) is 7.85. The van der Waals surface area contributed by atoms with Crippen LogP contribution in [0.25, 0.3) is 6.08 Å². The molecule has 0 radical (unpaired) electrons. The standard InChI is InChI=1S/C12H12O2/c13-12(11-6-7-11)14-9-8-10-4-2-1-3-5-10/h1-5,8-9,11H,6-7H2. The van der Waals surface area contributed by atoms with E-state index in [1.165, 1.54) is 6.26 Å². The topological polar surface area (TPSA) is 26.3 Å². The molecule has 0 saturated heterocycles. The van der Waals surface area contributed by atoms with Crippen molar-refractivity contribution in [1.29, 1.82) is 0 Å². The lowest BCUT2D eigenvalue weighted by atomic mass is 10.2. The lowest BCUT2D eigenvalue weighted by molar-refractivity contribution is -0.139. The van der Waals surface area contributed by atoms with Crippen molar-refractivity contribution in [3.63, 3.8) is 0 Å². The number of hydrogen-bond acceptors (Lipinski definition) is 2. The Morgan fingerprint density at radius 2 is 2.00 bits per heavy atom. The van der Waals surface area contributed by atoms with E-state index in [-0.39, 0.29) is 11.9 Å². The lowest BCUT2D eigenvalue weighted by Gasteiger charge is -1.95. The predicted molar refractivity (Wildman–Crippen MR) is 54.3 cm³/mol. The maximum atomic E-state index is 11.1. The Morgan fingerprint density at radius 3 is 2.64 bits per heavy atom. The minimum absolute atomic E-state index is 0.0998. The number of hydrogen-bond donors (Lipinski definition) is 0. The van der Waals surface area contributed by atoms with Crippen LogP contribution in [-0.2, 0) is 9.53 Å². The number of carbonyl (C=O) groups excluding carboxylic acids is 1. The van der Waals surface area contributed by atoms with E-state index in [4.69, 9.17) is 4.74 Å². The molecule has 2 nitrogen and oxygen atoms in total. The van der Waals surface area contributed by atoms with Gasteiger partial charge in [0.2, 0.25) is 0 Å². The molecule has 1 aromatic carbocycles. The van der Waals surface area contributed by atoms with Crippen LogP contribution in [-0.4, -0.2) is 5.97 Å². The smallest absolute Gasteiger partial charge is 0.313 e. The van der Waals surface area contributed by atoms with Gasteiger partial charge in [-0.25, -0.2) is 0 Å². The summed E-state index contributed by atoms with van der Waals surface area (Å²) in [6.45, 7) is 0. The molecule has 0 N–H and O–H groups in total. The third-order valence-corrected chi connectivity index (χ3v) is 2.15. The normalized spacial score (nSPS) is 15.7. The Morgan fingerprint density at radius 1 is 1.29 bits per heavy atom. The zero-order chi connectivity index (χ0) is 9.80. The van der Waals surface area contributed by atoms with E-state index in [0.29, 0.717) is 0 Å². The molecule has 14 heavy (non-hydrogen) atoms. The first-order valence-electron chi connectivity index (χ1n) is 4.78. The maximum absolute atomic E-state index is 11.1. The van der Waals surface area contributed by atoms with E-state index >= 15 is 0 Å². The highest BCUT2D eigenvalue weighted by molar-refractivity contribution is 5.75. The van der Waals surface area contributed by atoms with E-state index in [0.717, 1.165) is 18.4 Å². The van der Waals surface area contributed by atoms with Crippen LogP contribution >= 0.6 is 0 Å². The number of carbonyl (C=O) groups is 1. The average Bonchev–Trinajstić information content (AvgIpc) is 3.02. The van der Waals surface area contributed by atoms with E-state index in [9.17, 15) is 4.79 Å². The van der Waals surface area contributed by atoms with Crippen molar-refractivity contribution in [2.45, 2.75) is 12.8 Å². The van der Waals surface area contributed by atoms with Gasteiger partial charge in [-0.05, 0) is 24.5 Å². The Kier molecular flexibility index (Phi) is 2.63. The second-order valence-corrected chi connectivity index (χ2v) is 3.42. The second kappa shape index (κ2) is 4.09. The summed E-state index contributed by atoms with van der Waals surface area (Å²) in [6, 6.07) is 9.77. The largest absolute Gasteiger partial charge is 0.434 e. The van der Waals surface area contributed by atoms with Crippen LogP contribution in [0, 0.1) is 5.92 Å². The number of rotatable bonds is 3. The molecule has 1 fully saturated rings. The number of ether oxygens (including phenoxy) is 1. The fraction of sp³-hybridized carbons (Fsp3) is 0.250. The van der Waals surface area contributed by atoms with Gasteiger partial charge < -0.3 is 4.74 Å². The summed E-state index contributed by atoms with van der Waals surface area (Å²) in [5, 5.41) is 0. The summed E-state index contributed by atoms with van der Waals surface area (Å²) < 4.78 is 4.95. The van der Waals surface area contributed by atoms with Crippen molar-refractivity contribution in [1.82, 2.24) is 0 Å².